The fourth-order valence-electron chi connectivity index (χ4n) is 1.70. The fourth-order valence-corrected chi connectivity index (χ4v) is 1.70. The molecule has 1 aromatic heterocycles. The molecule has 2 heterocycles. The summed E-state index contributed by atoms with van der Waals surface area (Å²) >= 11 is 0. The van der Waals surface area contributed by atoms with Gasteiger partial charge in [0.15, 0.2) is 0 Å². The Hall–Kier alpha value is -0.940. The van der Waals surface area contributed by atoms with E-state index >= 15 is 0 Å². The summed E-state index contributed by atoms with van der Waals surface area (Å²) < 4.78 is 5.32. The highest BCUT2D eigenvalue weighted by Crippen LogP contribution is 2.11. The predicted molar refractivity (Wildman–Crippen MR) is 51.5 cm³/mol. The molecule has 1 aromatic rings. The van der Waals surface area contributed by atoms with E-state index in [9.17, 15) is 0 Å². The highest BCUT2D eigenvalue weighted by molar-refractivity contribution is 4.82. The number of rotatable bonds is 2. The molecule has 0 aromatic carbocycles. The molecule has 0 aliphatic carbocycles. The van der Waals surface area contributed by atoms with Crippen LogP contribution in [0.1, 0.15) is 24.6 Å². The Kier molecular flexibility index (Phi) is 2.79. The molecule has 5 heteroatoms. The topological polar surface area (TPSA) is 68.2 Å². The number of piperidine rings is 1. The van der Waals surface area contributed by atoms with Gasteiger partial charge in [0.2, 0.25) is 11.8 Å². The molecule has 0 amide bonds. The Balaban J connectivity index is 1.86. The lowest BCUT2D eigenvalue weighted by Crippen LogP contribution is -2.39. The standard InChI is InChI=1S/C9H16N4O/c1-7-11-12-9(14-7)6-13-4-2-8(10)3-5-13/h8H,2-6,10H2,1H3. The minimum Gasteiger partial charge on any atom is -0.424 e. The van der Waals surface area contributed by atoms with Gasteiger partial charge in [-0.2, -0.15) is 0 Å². The summed E-state index contributed by atoms with van der Waals surface area (Å²) in [6.45, 7) is 4.63. The van der Waals surface area contributed by atoms with Gasteiger partial charge in [0.1, 0.15) is 0 Å². The van der Waals surface area contributed by atoms with Gasteiger partial charge in [0.05, 0.1) is 6.54 Å². The zero-order chi connectivity index (χ0) is 9.97. The smallest absolute Gasteiger partial charge is 0.230 e. The molecule has 78 valence electrons. The molecule has 5 nitrogen and oxygen atoms in total. The van der Waals surface area contributed by atoms with Crippen LogP contribution < -0.4 is 5.73 Å². The largest absolute Gasteiger partial charge is 0.424 e. The minimum absolute atomic E-state index is 0.371. The van der Waals surface area contributed by atoms with Crippen LogP contribution in [0.4, 0.5) is 0 Å². The molecule has 1 fully saturated rings. The fraction of sp³-hybridized carbons (Fsp3) is 0.778. The molecule has 2 N–H and O–H groups in total. The van der Waals surface area contributed by atoms with E-state index in [0.29, 0.717) is 17.8 Å². The van der Waals surface area contributed by atoms with E-state index in [2.05, 4.69) is 15.1 Å². The number of aromatic nitrogens is 2. The maximum absolute atomic E-state index is 5.82. The van der Waals surface area contributed by atoms with Crippen LogP contribution in [0.2, 0.25) is 0 Å². The molecule has 0 saturated carbocycles. The lowest BCUT2D eigenvalue weighted by atomic mass is 10.1. The van der Waals surface area contributed by atoms with Crippen molar-refractivity contribution in [1.82, 2.24) is 15.1 Å². The summed E-state index contributed by atoms with van der Waals surface area (Å²) in [5.41, 5.74) is 5.82. The normalized spacial score (nSPS) is 20.1. The number of aryl methyl sites for hydroxylation is 1. The van der Waals surface area contributed by atoms with Gasteiger partial charge in [0.25, 0.3) is 0 Å². The van der Waals surface area contributed by atoms with E-state index in [1.807, 2.05) is 6.92 Å². The second-order valence-electron chi connectivity index (χ2n) is 3.83. The summed E-state index contributed by atoms with van der Waals surface area (Å²) in [5, 5.41) is 7.77. The lowest BCUT2D eigenvalue weighted by Gasteiger charge is -2.28. The van der Waals surface area contributed by atoms with Gasteiger partial charge in [-0.05, 0) is 12.8 Å². The molecule has 0 unspecified atom stereocenters. The first-order valence-corrected chi connectivity index (χ1v) is 5.01. The van der Waals surface area contributed by atoms with Crippen molar-refractivity contribution in [3.8, 4) is 0 Å². The van der Waals surface area contributed by atoms with Crippen molar-refractivity contribution < 1.29 is 4.42 Å². The van der Waals surface area contributed by atoms with Gasteiger partial charge in [-0.1, -0.05) is 0 Å². The van der Waals surface area contributed by atoms with Crippen LogP contribution in [0.5, 0.6) is 0 Å². The summed E-state index contributed by atoms with van der Waals surface area (Å²) in [6.07, 6.45) is 2.13. The quantitative estimate of drug-likeness (QED) is 0.736. The van der Waals surface area contributed by atoms with Gasteiger partial charge in [-0.3, -0.25) is 4.90 Å². The number of hydrogen-bond donors (Lipinski definition) is 1. The summed E-state index contributed by atoms with van der Waals surface area (Å²) in [7, 11) is 0. The Bertz CT molecular complexity index is 291. The van der Waals surface area contributed by atoms with E-state index < -0.39 is 0 Å². The monoisotopic (exact) mass is 196 g/mol. The third-order valence-electron chi connectivity index (χ3n) is 2.56. The van der Waals surface area contributed by atoms with Gasteiger partial charge in [-0.25, -0.2) is 0 Å². The van der Waals surface area contributed by atoms with Gasteiger partial charge in [0, 0.05) is 26.1 Å². The highest BCUT2D eigenvalue weighted by atomic mass is 16.4. The molecule has 0 atom stereocenters. The molecule has 14 heavy (non-hydrogen) atoms. The maximum atomic E-state index is 5.82. The number of hydrogen-bond acceptors (Lipinski definition) is 5. The van der Waals surface area contributed by atoms with E-state index in [-0.39, 0.29) is 0 Å². The second kappa shape index (κ2) is 4.06. The Labute approximate surface area is 83.3 Å². The third kappa shape index (κ3) is 2.30. The Morgan fingerprint density at radius 2 is 2.14 bits per heavy atom. The van der Waals surface area contributed by atoms with Crippen LogP contribution in [-0.2, 0) is 6.54 Å². The average Bonchev–Trinajstić information content (AvgIpc) is 2.56. The molecule has 0 bridgehead atoms. The van der Waals surface area contributed by atoms with Crippen LogP contribution in [0, 0.1) is 6.92 Å². The number of nitrogens with zero attached hydrogens (tertiary/aromatic N) is 3. The molecule has 1 saturated heterocycles. The van der Waals surface area contributed by atoms with Gasteiger partial charge >= 0.3 is 0 Å². The van der Waals surface area contributed by atoms with Crippen LogP contribution in [-0.4, -0.2) is 34.2 Å². The van der Waals surface area contributed by atoms with Gasteiger partial charge in [-0.15, -0.1) is 10.2 Å². The van der Waals surface area contributed by atoms with Crippen LogP contribution in [0.25, 0.3) is 0 Å². The molecular formula is C9H16N4O. The third-order valence-corrected chi connectivity index (χ3v) is 2.56. The molecule has 0 radical (unpaired) electrons. The number of likely N-dealkylation sites (tertiary alicyclic amines) is 1. The Morgan fingerprint density at radius 1 is 1.43 bits per heavy atom. The lowest BCUT2D eigenvalue weighted by molar-refractivity contribution is 0.188. The molecule has 1 aliphatic rings. The van der Waals surface area contributed by atoms with Crippen LogP contribution in [0.3, 0.4) is 0 Å². The summed E-state index contributed by atoms with van der Waals surface area (Å²) in [4.78, 5) is 2.30. The molecule has 0 spiro atoms. The van der Waals surface area contributed by atoms with E-state index in [1.54, 1.807) is 0 Å². The maximum Gasteiger partial charge on any atom is 0.230 e. The first-order chi connectivity index (χ1) is 6.74. The van der Waals surface area contributed by atoms with Crippen LogP contribution in [0.15, 0.2) is 4.42 Å². The minimum atomic E-state index is 0.371. The summed E-state index contributed by atoms with van der Waals surface area (Å²) in [5.74, 6) is 1.34. The molecular weight excluding hydrogens is 180 g/mol. The zero-order valence-electron chi connectivity index (χ0n) is 8.44. The molecule has 1 aliphatic heterocycles. The second-order valence-corrected chi connectivity index (χ2v) is 3.83. The van der Waals surface area contributed by atoms with Crippen molar-refractivity contribution in [1.29, 1.82) is 0 Å². The van der Waals surface area contributed by atoms with Crippen molar-refractivity contribution in [2.75, 3.05) is 13.1 Å². The Morgan fingerprint density at radius 3 is 2.71 bits per heavy atom. The first-order valence-electron chi connectivity index (χ1n) is 5.01. The zero-order valence-corrected chi connectivity index (χ0v) is 8.44. The van der Waals surface area contributed by atoms with Gasteiger partial charge < -0.3 is 10.2 Å². The average molecular weight is 196 g/mol. The van der Waals surface area contributed by atoms with Crippen molar-refractivity contribution in [2.45, 2.75) is 32.4 Å². The van der Waals surface area contributed by atoms with Crippen molar-refractivity contribution in [3.63, 3.8) is 0 Å². The molecule has 2 rings (SSSR count). The van der Waals surface area contributed by atoms with Crippen molar-refractivity contribution in [2.24, 2.45) is 5.73 Å². The highest BCUT2D eigenvalue weighted by Gasteiger charge is 2.17. The predicted octanol–water partition coefficient (Wildman–Crippen LogP) is 0.301. The van der Waals surface area contributed by atoms with Crippen LogP contribution >= 0.6 is 0 Å². The van der Waals surface area contributed by atoms with E-state index in [0.717, 1.165) is 32.5 Å². The van der Waals surface area contributed by atoms with Crippen molar-refractivity contribution >= 4 is 0 Å². The number of nitrogens with two attached hydrogens (primary N) is 1. The SMILES string of the molecule is Cc1nnc(CN2CCC(N)CC2)o1. The first kappa shape index (κ1) is 9.61. The van der Waals surface area contributed by atoms with E-state index in [4.69, 9.17) is 10.2 Å². The van der Waals surface area contributed by atoms with Crippen molar-refractivity contribution in [3.05, 3.63) is 11.8 Å². The summed E-state index contributed by atoms with van der Waals surface area (Å²) in [6, 6.07) is 0.371. The van der Waals surface area contributed by atoms with E-state index in [1.165, 1.54) is 0 Å².